The van der Waals surface area contributed by atoms with Crippen molar-refractivity contribution in [1.29, 1.82) is 0 Å². The highest BCUT2D eigenvalue weighted by Gasteiger charge is 2.11. The molecule has 0 atom stereocenters. The van der Waals surface area contributed by atoms with E-state index in [-0.39, 0.29) is 5.56 Å². The lowest BCUT2D eigenvalue weighted by Crippen LogP contribution is -2.11. The summed E-state index contributed by atoms with van der Waals surface area (Å²) in [6.07, 6.45) is 4.60. The predicted molar refractivity (Wildman–Crippen MR) is 77.7 cm³/mol. The van der Waals surface area contributed by atoms with Gasteiger partial charge in [0.15, 0.2) is 0 Å². The van der Waals surface area contributed by atoms with Gasteiger partial charge < -0.3 is 15.2 Å². The summed E-state index contributed by atoms with van der Waals surface area (Å²) in [5.74, 6) is -0.597. The van der Waals surface area contributed by atoms with Crippen molar-refractivity contribution in [2.24, 2.45) is 0 Å². The Balaban J connectivity index is 2.35. The largest absolute Gasteiger partial charge is 0.478 e. The first-order valence-electron chi connectivity index (χ1n) is 6.35. The maximum atomic E-state index is 11.1. The number of hydrogen-bond acceptors (Lipinski definition) is 4. The second-order valence-electron chi connectivity index (χ2n) is 4.10. The summed E-state index contributed by atoms with van der Waals surface area (Å²) in [6.45, 7) is 4.22. The van der Waals surface area contributed by atoms with E-state index in [1.165, 1.54) is 6.07 Å². The zero-order valence-electron chi connectivity index (χ0n) is 11.0. The first kappa shape index (κ1) is 15.9. The third-order valence-corrected chi connectivity index (χ3v) is 2.92. The highest BCUT2D eigenvalue weighted by Crippen LogP contribution is 2.17. The number of unbranched alkanes of at least 4 members (excludes halogenated alkanes) is 1. The van der Waals surface area contributed by atoms with Crippen LogP contribution in [-0.4, -0.2) is 35.8 Å². The Morgan fingerprint density at radius 2 is 2.21 bits per heavy atom. The van der Waals surface area contributed by atoms with Crippen LogP contribution in [0, 0.1) is 0 Å². The summed E-state index contributed by atoms with van der Waals surface area (Å²) in [6, 6.07) is 1.54. The van der Waals surface area contributed by atoms with Crippen LogP contribution in [0.15, 0.2) is 16.7 Å². The van der Waals surface area contributed by atoms with Crippen molar-refractivity contribution in [2.45, 2.75) is 26.2 Å². The van der Waals surface area contributed by atoms with Crippen LogP contribution in [0.2, 0.25) is 0 Å². The molecule has 0 aromatic carbocycles. The average Bonchev–Trinajstić information content (AvgIpc) is 2.39. The first-order valence-corrected chi connectivity index (χ1v) is 7.15. The van der Waals surface area contributed by atoms with Crippen molar-refractivity contribution in [3.05, 3.63) is 22.3 Å². The zero-order chi connectivity index (χ0) is 14.1. The lowest BCUT2D eigenvalue weighted by molar-refractivity contribution is 0.0697. The number of anilines is 1. The van der Waals surface area contributed by atoms with E-state index in [0.29, 0.717) is 23.4 Å². The monoisotopic (exact) mass is 330 g/mol. The molecule has 1 heterocycles. The Morgan fingerprint density at radius 1 is 1.47 bits per heavy atom. The molecule has 1 rings (SSSR count). The van der Waals surface area contributed by atoms with Gasteiger partial charge in [-0.1, -0.05) is 13.3 Å². The van der Waals surface area contributed by atoms with Crippen LogP contribution in [0.25, 0.3) is 0 Å². The van der Waals surface area contributed by atoms with E-state index in [9.17, 15) is 4.79 Å². The summed E-state index contributed by atoms with van der Waals surface area (Å²) >= 11 is 3.21. The Bertz CT molecular complexity index is 413. The summed E-state index contributed by atoms with van der Waals surface area (Å²) in [4.78, 5) is 15.1. The minimum atomic E-state index is -0.990. The van der Waals surface area contributed by atoms with Gasteiger partial charge in [-0.25, -0.2) is 9.78 Å². The predicted octanol–water partition coefficient (Wildman–Crippen LogP) is 3.16. The fraction of sp³-hybridized carbons (Fsp3) is 0.538. The Labute approximate surface area is 121 Å². The average molecular weight is 331 g/mol. The first-order chi connectivity index (χ1) is 9.15. The van der Waals surface area contributed by atoms with Crippen molar-refractivity contribution in [3.8, 4) is 0 Å². The third-order valence-electron chi connectivity index (χ3n) is 2.48. The highest BCUT2D eigenvalue weighted by molar-refractivity contribution is 9.10. The molecule has 0 aliphatic heterocycles. The van der Waals surface area contributed by atoms with E-state index < -0.39 is 5.97 Å². The number of carbonyl (C=O) groups is 1. The number of ether oxygens (including phenoxy) is 1. The fourth-order valence-electron chi connectivity index (χ4n) is 1.47. The van der Waals surface area contributed by atoms with E-state index in [1.807, 2.05) is 0 Å². The van der Waals surface area contributed by atoms with Crippen molar-refractivity contribution in [2.75, 3.05) is 25.1 Å². The van der Waals surface area contributed by atoms with Gasteiger partial charge in [0.1, 0.15) is 11.4 Å². The summed E-state index contributed by atoms with van der Waals surface area (Å²) in [5.41, 5.74) is 0.168. The van der Waals surface area contributed by atoms with Gasteiger partial charge in [-0.2, -0.15) is 0 Å². The highest BCUT2D eigenvalue weighted by atomic mass is 79.9. The van der Waals surface area contributed by atoms with Gasteiger partial charge in [-0.05, 0) is 34.8 Å². The minimum Gasteiger partial charge on any atom is -0.478 e. The number of halogens is 1. The second kappa shape index (κ2) is 8.87. The van der Waals surface area contributed by atoms with Gasteiger partial charge in [0, 0.05) is 30.4 Å². The van der Waals surface area contributed by atoms with Crippen LogP contribution < -0.4 is 5.32 Å². The van der Waals surface area contributed by atoms with Gasteiger partial charge in [-0.3, -0.25) is 0 Å². The van der Waals surface area contributed by atoms with Crippen LogP contribution in [0.5, 0.6) is 0 Å². The molecule has 19 heavy (non-hydrogen) atoms. The molecule has 0 spiro atoms. The minimum absolute atomic E-state index is 0.168. The molecule has 0 fully saturated rings. The summed E-state index contributed by atoms with van der Waals surface area (Å²) < 4.78 is 6.08. The molecule has 0 aliphatic rings. The van der Waals surface area contributed by atoms with Crippen LogP contribution in [0.4, 0.5) is 5.82 Å². The fourth-order valence-corrected chi connectivity index (χ4v) is 1.80. The number of nitrogens with zero attached hydrogens (tertiary/aromatic N) is 1. The third kappa shape index (κ3) is 6.02. The molecule has 1 aromatic heterocycles. The Morgan fingerprint density at radius 3 is 2.89 bits per heavy atom. The maximum Gasteiger partial charge on any atom is 0.339 e. The van der Waals surface area contributed by atoms with Crippen molar-refractivity contribution < 1.29 is 14.6 Å². The molecule has 1 aromatic rings. The Kier molecular flexibility index (Phi) is 7.43. The van der Waals surface area contributed by atoms with Crippen molar-refractivity contribution in [3.63, 3.8) is 0 Å². The van der Waals surface area contributed by atoms with E-state index in [1.54, 1.807) is 6.20 Å². The van der Waals surface area contributed by atoms with Crippen LogP contribution >= 0.6 is 15.9 Å². The molecule has 0 radical (unpaired) electrons. The number of aromatic nitrogens is 1. The van der Waals surface area contributed by atoms with Gasteiger partial charge in [0.25, 0.3) is 0 Å². The molecule has 2 N–H and O–H groups in total. The van der Waals surface area contributed by atoms with Gasteiger partial charge in [0.2, 0.25) is 0 Å². The molecule has 5 nitrogen and oxygen atoms in total. The zero-order valence-corrected chi connectivity index (χ0v) is 12.6. The molecular formula is C13H19BrN2O3. The van der Waals surface area contributed by atoms with Crippen LogP contribution in [0.1, 0.15) is 36.5 Å². The lowest BCUT2D eigenvalue weighted by atomic mass is 10.2. The standard InChI is InChI=1S/C13H19BrN2O3/c1-2-3-6-19-7-4-5-15-12-11(13(17)18)8-10(14)9-16-12/h8-9H,2-7H2,1H3,(H,15,16)(H,17,18). The van der Waals surface area contributed by atoms with E-state index in [0.717, 1.165) is 25.9 Å². The molecule has 0 aliphatic carbocycles. The molecule has 6 heteroatoms. The van der Waals surface area contributed by atoms with Gasteiger partial charge in [0.05, 0.1) is 0 Å². The smallest absolute Gasteiger partial charge is 0.339 e. The number of hydrogen-bond donors (Lipinski definition) is 2. The maximum absolute atomic E-state index is 11.1. The molecule has 0 saturated carbocycles. The van der Waals surface area contributed by atoms with Crippen molar-refractivity contribution in [1.82, 2.24) is 4.98 Å². The Hall–Kier alpha value is -1.14. The number of pyridine rings is 1. The number of carboxylic acid groups (broad SMARTS) is 1. The summed E-state index contributed by atoms with van der Waals surface area (Å²) in [5, 5.41) is 12.1. The number of nitrogens with one attached hydrogen (secondary N) is 1. The summed E-state index contributed by atoms with van der Waals surface area (Å²) in [7, 11) is 0. The SMILES string of the molecule is CCCCOCCCNc1ncc(Br)cc1C(=O)O. The molecule has 0 saturated heterocycles. The molecule has 106 valence electrons. The van der Waals surface area contributed by atoms with Gasteiger partial charge in [-0.15, -0.1) is 0 Å². The topological polar surface area (TPSA) is 71.5 Å². The van der Waals surface area contributed by atoms with Gasteiger partial charge >= 0.3 is 5.97 Å². The number of carboxylic acids is 1. The molecule has 0 unspecified atom stereocenters. The van der Waals surface area contributed by atoms with E-state index in [2.05, 4.69) is 33.2 Å². The molecular weight excluding hydrogens is 312 g/mol. The number of aromatic carboxylic acids is 1. The quantitative estimate of drug-likeness (QED) is 0.680. The van der Waals surface area contributed by atoms with Crippen LogP contribution in [0.3, 0.4) is 0 Å². The number of rotatable bonds is 9. The molecule has 0 bridgehead atoms. The normalized spacial score (nSPS) is 10.4. The van der Waals surface area contributed by atoms with Crippen molar-refractivity contribution >= 4 is 27.7 Å². The lowest BCUT2D eigenvalue weighted by Gasteiger charge is -2.09. The van der Waals surface area contributed by atoms with E-state index in [4.69, 9.17) is 9.84 Å². The van der Waals surface area contributed by atoms with Crippen LogP contribution in [-0.2, 0) is 4.74 Å². The van der Waals surface area contributed by atoms with E-state index >= 15 is 0 Å². The molecule has 0 amide bonds. The second-order valence-corrected chi connectivity index (χ2v) is 5.02.